The van der Waals surface area contributed by atoms with Crippen LogP contribution in [-0.2, 0) is 23.8 Å². The molecule has 1 unspecified atom stereocenters. The van der Waals surface area contributed by atoms with E-state index in [-0.39, 0.29) is 18.5 Å². The SMILES string of the molecule is CCCCCCCC/C=C\CCCCCCCC(=O)OC(COCCCCCCCCCC)COC(=O)CCCCCCCCCCCCCCCCCCC. The summed E-state index contributed by atoms with van der Waals surface area (Å²) in [5, 5.41) is 0. The van der Waals surface area contributed by atoms with Crippen LogP contribution in [0.3, 0.4) is 0 Å². The average Bonchev–Trinajstić information content (AvgIpc) is 3.20. The average molecular weight is 791 g/mol. The van der Waals surface area contributed by atoms with Gasteiger partial charge >= 0.3 is 11.9 Å². The molecule has 0 aromatic carbocycles. The first-order valence-electron chi connectivity index (χ1n) is 25.2. The number of carbonyl (C=O) groups is 2. The molecule has 0 aliphatic heterocycles. The van der Waals surface area contributed by atoms with E-state index in [2.05, 4.69) is 32.9 Å². The molecule has 0 rings (SSSR count). The zero-order valence-electron chi connectivity index (χ0n) is 38.2. The third-order valence-corrected chi connectivity index (χ3v) is 11.3. The van der Waals surface area contributed by atoms with Crippen LogP contribution in [0.25, 0.3) is 0 Å². The van der Waals surface area contributed by atoms with E-state index in [0.717, 1.165) is 44.9 Å². The lowest BCUT2D eigenvalue weighted by molar-refractivity contribution is -0.163. The zero-order valence-corrected chi connectivity index (χ0v) is 38.2. The second kappa shape index (κ2) is 48.0. The molecule has 332 valence electrons. The molecule has 0 bridgehead atoms. The lowest BCUT2D eigenvalue weighted by atomic mass is 10.0. The van der Waals surface area contributed by atoms with Crippen LogP contribution in [-0.4, -0.2) is 37.9 Å². The first-order valence-corrected chi connectivity index (χ1v) is 25.2. The molecule has 0 heterocycles. The van der Waals surface area contributed by atoms with E-state index < -0.39 is 6.10 Å². The van der Waals surface area contributed by atoms with Gasteiger partial charge in [0.15, 0.2) is 6.10 Å². The molecular formula is C51H98O5. The fraction of sp³-hybridized carbons (Fsp3) is 0.922. The van der Waals surface area contributed by atoms with E-state index in [1.54, 1.807) is 0 Å². The van der Waals surface area contributed by atoms with Crippen molar-refractivity contribution in [1.82, 2.24) is 0 Å². The van der Waals surface area contributed by atoms with Crippen molar-refractivity contribution >= 4 is 11.9 Å². The molecule has 1 atom stereocenters. The molecule has 0 N–H and O–H groups in total. The van der Waals surface area contributed by atoms with Gasteiger partial charge in [0.25, 0.3) is 0 Å². The number of rotatable bonds is 47. The van der Waals surface area contributed by atoms with Crippen LogP contribution in [0, 0.1) is 0 Å². The number of hydrogen-bond acceptors (Lipinski definition) is 5. The van der Waals surface area contributed by atoms with E-state index in [0.29, 0.717) is 26.1 Å². The van der Waals surface area contributed by atoms with Crippen molar-refractivity contribution in [2.45, 2.75) is 284 Å². The highest BCUT2D eigenvalue weighted by molar-refractivity contribution is 5.70. The molecule has 0 saturated heterocycles. The smallest absolute Gasteiger partial charge is 0.306 e. The largest absolute Gasteiger partial charge is 0.462 e. The highest BCUT2D eigenvalue weighted by atomic mass is 16.6. The molecule has 5 nitrogen and oxygen atoms in total. The third kappa shape index (κ3) is 45.3. The molecular weight excluding hydrogens is 693 g/mol. The number of allylic oxidation sites excluding steroid dienone is 2. The van der Waals surface area contributed by atoms with Crippen LogP contribution in [0.5, 0.6) is 0 Å². The number of ether oxygens (including phenoxy) is 3. The number of unbranched alkanes of at least 4 members (excludes halogenated alkanes) is 34. The molecule has 0 amide bonds. The molecule has 0 aliphatic rings. The maximum atomic E-state index is 12.7. The molecule has 0 aromatic heterocycles. The predicted octanol–water partition coefficient (Wildman–Crippen LogP) is 16.7. The van der Waals surface area contributed by atoms with Crippen LogP contribution in [0.15, 0.2) is 12.2 Å². The highest BCUT2D eigenvalue weighted by Gasteiger charge is 2.17. The summed E-state index contributed by atoms with van der Waals surface area (Å²) in [5.41, 5.74) is 0. The van der Waals surface area contributed by atoms with Crippen molar-refractivity contribution in [1.29, 1.82) is 0 Å². The molecule has 0 aromatic rings. The number of carbonyl (C=O) groups excluding carboxylic acids is 2. The van der Waals surface area contributed by atoms with Crippen LogP contribution in [0.2, 0.25) is 0 Å². The quantitative estimate of drug-likeness (QED) is 0.0349. The molecule has 0 aliphatic carbocycles. The van der Waals surface area contributed by atoms with Gasteiger partial charge in [0.2, 0.25) is 0 Å². The summed E-state index contributed by atoms with van der Waals surface area (Å²) in [7, 11) is 0. The van der Waals surface area contributed by atoms with Crippen LogP contribution < -0.4 is 0 Å². The zero-order chi connectivity index (χ0) is 40.7. The predicted molar refractivity (Wildman–Crippen MR) is 242 cm³/mol. The minimum Gasteiger partial charge on any atom is -0.462 e. The third-order valence-electron chi connectivity index (χ3n) is 11.3. The van der Waals surface area contributed by atoms with Gasteiger partial charge in [-0.15, -0.1) is 0 Å². The highest BCUT2D eigenvalue weighted by Crippen LogP contribution is 2.16. The molecule has 0 radical (unpaired) electrons. The van der Waals surface area contributed by atoms with Gasteiger partial charge in [-0.2, -0.15) is 0 Å². The van der Waals surface area contributed by atoms with E-state index in [1.807, 2.05) is 0 Å². The first kappa shape index (κ1) is 54.6. The number of hydrogen-bond donors (Lipinski definition) is 0. The Balaban J connectivity index is 4.12. The molecule has 0 fully saturated rings. The Morgan fingerprint density at radius 1 is 0.375 bits per heavy atom. The lowest BCUT2D eigenvalue weighted by Gasteiger charge is -2.18. The summed E-state index contributed by atoms with van der Waals surface area (Å²) < 4.78 is 17.3. The molecule has 0 saturated carbocycles. The standard InChI is InChI=1S/C51H98O5/c1-4-7-10-13-16-19-21-23-25-26-28-29-31-33-35-38-41-44-50(52)55-48-49(47-54-46-43-40-37-18-15-12-9-6-3)56-51(53)45-42-39-36-34-32-30-27-24-22-20-17-14-11-8-5-2/h24,27,49H,4-23,25-26,28-48H2,1-3H3/b27-24-. The van der Waals surface area contributed by atoms with Gasteiger partial charge in [-0.25, -0.2) is 0 Å². The van der Waals surface area contributed by atoms with Crippen molar-refractivity contribution < 1.29 is 23.8 Å². The fourth-order valence-corrected chi connectivity index (χ4v) is 7.51. The monoisotopic (exact) mass is 791 g/mol. The van der Waals surface area contributed by atoms with Gasteiger partial charge in [-0.3, -0.25) is 9.59 Å². The topological polar surface area (TPSA) is 61.8 Å². The van der Waals surface area contributed by atoms with Crippen LogP contribution >= 0.6 is 0 Å². The van der Waals surface area contributed by atoms with E-state index >= 15 is 0 Å². The Bertz CT molecular complexity index is 810. The number of esters is 2. The lowest BCUT2D eigenvalue weighted by Crippen LogP contribution is -2.30. The van der Waals surface area contributed by atoms with Crippen molar-refractivity contribution in [3.8, 4) is 0 Å². The summed E-state index contributed by atoms with van der Waals surface area (Å²) in [6, 6.07) is 0. The summed E-state index contributed by atoms with van der Waals surface area (Å²) in [5.74, 6) is -0.389. The molecule has 56 heavy (non-hydrogen) atoms. The maximum Gasteiger partial charge on any atom is 0.306 e. The maximum absolute atomic E-state index is 12.7. The van der Waals surface area contributed by atoms with E-state index in [4.69, 9.17) is 14.2 Å². The second-order valence-corrected chi connectivity index (χ2v) is 17.1. The Hall–Kier alpha value is -1.36. The molecule has 0 spiro atoms. The minimum atomic E-state index is -0.529. The molecule has 5 heteroatoms. The fourth-order valence-electron chi connectivity index (χ4n) is 7.51. The van der Waals surface area contributed by atoms with Crippen LogP contribution in [0.1, 0.15) is 278 Å². The second-order valence-electron chi connectivity index (χ2n) is 17.1. The van der Waals surface area contributed by atoms with Crippen molar-refractivity contribution in [3.05, 3.63) is 12.2 Å². The van der Waals surface area contributed by atoms with E-state index in [1.165, 1.54) is 199 Å². The Morgan fingerprint density at radius 2 is 0.696 bits per heavy atom. The Kier molecular flexibility index (Phi) is 46.8. The Labute approximate surface area is 350 Å². The minimum absolute atomic E-state index is 0.0906. The normalized spacial score (nSPS) is 12.1. The summed E-state index contributed by atoms with van der Waals surface area (Å²) in [6.45, 7) is 7.85. The summed E-state index contributed by atoms with van der Waals surface area (Å²) in [6.07, 6.45) is 53.6. The van der Waals surface area contributed by atoms with Gasteiger partial charge in [0, 0.05) is 19.4 Å². The summed E-state index contributed by atoms with van der Waals surface area (Å²) >= 11 is 0. The van der Waals surface area contributed by atoms with E-state index in [9.17, 15) is 9.59 Å². The van der Waals surface area contributed by atoms with Crippen molar-refractivity contribution in [2.24, 2.45) is 0 Å². The van der Waals surface area contributed by atoms with Gasteiger partial charge in [-0.1, -0.05) is 232 Å². The van der Waals surface area contributed by atoms with Crippen molar-refractivity contribution in [3.63, 3.8) is 0 Å². The first-order chi connectivity index (χ1) is 27.6. The van der Waals surface area contributed by atoms with Gasteiger partial charge in [0.05, 0.1) is 6.61 Å². The Morgan fingerprint density at radius 3 is 1.09 bits per heavy atom. The van der Waals surface area contributed by atoms with Gasteiger partial charge in [-0.05, 0) is 44.9 Å². The van der Waals surface area contributed by atoms with Gasteiger partial charge < -0.3 is 14.2 Å². The van der Waals surface area contributed by atoms with Gasteiger partial charge in [0.1, 0.15) is 6.61 Å². The van der Waals surface area contributed by atoms with Crippen LogP contribution in [0.4, 0.5) is 0 Å². The summed E-state index contributed by atoms with van der Waals surface area (Å²) in [4.78, 5) is 25.3. The van der Waals surface area contributed by atoms with Crippen molar-refractivity contribution in [2.75, 3.05) is 19.8 Å².